The van der Waals surface area contributed by atoms with Crippen LogP contribution in [-0.2, 0) is 18.4 Å². The minimum atomic E-state index is 0.246. The molecule has 4 aliphatic carbocycles. The predicted molar refractivity (Wildman–Crippen MR) is 143 cm³/mol. The van der Waals surface area contributed by atoms with Crippen LogP contribution in [0.1, 0.15) is 75.5 Å². The summed E-state index contributed by atoms with van der Waals surface area (Å²) in [5, 5.41) is 19.8. The maximum Gasteiger partial charge on any atom is 0.205 e. The van der Waals surface area contributed by atoms with Crippen molar-refractivity contribution in [3.8, 4) is 22.5 Å². The van der Waals surface area contributed by atoms with E-state index in [2.05, 4.69) is 68.6 Å². The summed E-state index contributed by atoms with van der Waals surface area (Å²) in [5.41, 5.74) is 4.74. The van der Waals surface area contributed by atoms with E-state index in [1.807, 2.05) is 12.1 Å². The molecule has 37 heavy (non-hydrogen) atoms. The van der Waals surface area contributed by atoms with Crippen molar-refractivity contribution in [2.45, 2.75) is 76.7 Å². The summed E-state index contributed by atoms with van der Waals surface area (Å²) < 4.78 is 2.28. The third kappa shape index (κ3) is 4.18. The van der Waals surface area contributed by atoms with Crippen LogP contribution >= 0.6 is 0 Å². The van der Waals surface area contributed by atoms with Gasteiger partial charge in [0.15, 0.2) is 5.82 Å². The molecule has 0 aliphatic heterocycles. The van der Waals surface area contributed by atoms with Gasteiger partial charge in [-0.15, -0.1) is 10.2 Å². The minimum absolute atomic E-state index is 0.246. The molecule has 4 aromatic rings. The van der Waals surface area contributed by atoms with E-state index in [1.165, 1.54) is 56.3 Å². The molecule has 8 rings (SSSR count). The molecule has 1 N–H and O–H groups in total. The smallest absolute Gasteiger partial charge is 0.205 e. The van der Waals surface area contributed by atoms with Crippen LogP contribution in [-0.4, -0.2) is 35.4 Å². The molecule has 0 spiro atoms. The van der Waals surface area contributed by atoms with E-state index in [-0.39, 0.29) is 5.41 Å². The van der Waals surface area contributed by atoms with Gasteiger partial charge in [-0.25, -0.2) is 9.67 Å². The second-order valence-corrected chi connectivity index (χ2v) is 11.8. The summed E-state index contributed by atoms with van der Waals surface area (Å²) in [6.45, 7) is 3.03. The second kappa shape index (κ2) is 9.19. The largest absolute Gasteiger partial charge is 0.245 e. The molecule has 190 valence electrons. The van der Waals surface area contributed by atoms with E-state index in [1.54, 1.807) is 0 Å². The highest BCUT2D eigenvalue weighted by Gasteiger charge is 2.53. The molecule has 4 fully saturated rings. The highest BCUT2D eigenvalue weighted by Crippen LogP contribution is 2.60. The Bertz CT molecular complexity index is 1330. The van der Waals surface area contributed by atoms with Crippen LogP contribution in [0.15, 0.2) is 48.5 Å². The van der Waals surface area contributed by atoms with E-state index in [0.717, 1.165) is 59.7 Å². The van der Waals surface area contributed by atoms with Crippen LogP contribution < -0.4 is 0 Å². The lowest BCUT2D eigenvalue weighted by molar-refractivity contribution is -0.0113. The van der Waals surface area contributed by atoms with Gasteiger partial charge in [0.25, 0.3) is 0 Å². The number of aromatic nitrogens is 7. The van der Waals surface area contributed by atoms with Gasteiger partial charge in [0.05, 0.1) is 6.54 Å². The molecular formula is C30H35N7. The Kier molecular flexibility index (Phi) is 5.67. The summed E-state index contributed by atoms with van der Waals surface area (Å²) in [6, 6.07) is 17.1. The van der Waals surface area contributed by atoms with Crippen molar-refractivity contribution in [1.29, 1.82) is 0 Å². The second-order valence-electron chi connectivity index (χ2n) is 11.8. The monoisotopic (exact) mass is 493 g/mol. The third-order valence-corrected chi connectivity index (χ3v) is 9.09. The minimum Gasteiger partial charge on any atom is -0.245 e. The number of unbranched alkanes of at least 4 members (excludes halogenated alkanes) is 1. The Morgan fingerprint density at radius 2 is 1.62 bits per heavy atom. The maximum absolute atomic E-state index is 5.27. The molecule has 4 saturated carbocycles. The zero-order chi connectivity index (χ0) is 24.8. The summed E-state index contributed by atoms with van der Waals surface area (Å²) in [6.07, 6.45) is 11.6. The van der Waals surface area contributed by atoms with Crippen LogP contribution in [0, 0.1) is 17.8 Å². The zero-order valence-electron chi connectivity index (χ0n) is 21.6. The fraction of sp³-hybridized carbons (Fsp3) is 0.500. The van der Waals surface area contributed by atoms with Gasteiger partial charge < -0.3 is 0 Å². The first-order valence-electron chi connectivity index (χ1n) is 14.1. The first kappa shape index (κ1) is 22.8. The number of benzene rings is 2. The van der Waals surface area contributed by atoms with Crippen LogP contribution in [0.2, 0.25) is 0 Å². The normalized spacial score (nSPS) is 26.1. The summed E-state index contributed by atoms with van der Waals surface area (Å²) in [7, 11) is 0. The first-order valence-corrected chi connectivity index (χ1v) is 14.1. The molecule has 0 saturated heterocycles. The Morgan fingerprint density at radius 1 is 0.919 bits per heavy atom. The predicted octanol–water partition coefficient (Wildman–Crippen LogP) is 5.98. The molecule has 2 aromatic heterocycles. The molecule has 7 nitrogen and oxygen atoms in total. The lowest BCUT2D eigenvalue weighted by Crippen LogP contribution is -2.49. The number of hydrogen-bond acceptors (Lipinski definition) is 5. The third-order valence-electron chi connectivity index (χ3n) is 9.09. The lowest BCUT2D eigenvalue weighted by Gasteiger charge is -2.56. The van der Waals surface area contributed by atoms with Crippen LogP contribution in [0.4, 0.5) is 0 Å². The topological polar surface area (TPSA) is 85.2 Å². The molecule has 2 heterocycles. The van der Waals surface area contributed by atoms with Crippen LogP contribution in [0.3, 0.4) is 0 Å². The first-order chi connectivity index (χ1) is 18.2. The molecule has 0 unspecified atom stereocenters. The van der Waals surface area contributed by atoms with Crippen molar-refractivity contribution in [1.82, 2.24) is 35.4 Å². The highest BCUT2D eigenvalue weighted by molar-refractivity contribution is 5.80. The van der Waals surface area contributed by atoms with Gasteiger partial charge in [-0.3, -0.25) is 0 Å². The average Bonchev–Trinajstić information content (AvgIpc) is 3.58. The SMILES string of the molecule is CCCCc1nc(C23CC4CC(CC(C4)C2)C3)n(Cc2ccc(-c3ccccc3-c3nn[nH]n3)cc2)n1. The standard InChI is InChI=1S/C30H35N7/c1-2-3-8-27-31-29(30-16-21-13-22(17-30)15-23(14-21)18-30)37(34-27)19-20-9-11-24(12-10-20)25-6-4-5-7-26(25)28-32-35-36-33-28/h4-7,9-12,21-23H,2-3,8,13-19H2,1H3,(H,32,33,35,36). The van der Waals surface area contributed by atoms with Crippen molar-refractivity contribution >= 4 is 0 Å². The van der Waals surface area contributed by atoms with Gasteiger partial charge in [-0.1, -0.05) is 61.9 Å². The van der Waals surface area contributed by atoms with Gasteiger partial charge in [0.2, 0.25) is 5.82 Å². The Labute approximate surface area is 218 Å². The van der Waals surface area contributed by atoms with Gasteiger partial charge in [-0.05, 0) is 84.6 Å². The molecule has 0 atom stereocenters. The average molecular weight is 494 g/mol. The summed E-state index contributed by atoms with van der Waals surface area (Å²) in [5.74, 6) is 5.63. The lowest BCUT2D eigenvalue weighted by atomic mass is 9.49. The van der Waals surface area contributed by atoms with Gasteiger partial charge >= 0.3 is 0 Å². The van der Waals surface area contributed by atoms with Crippen molar-refractivity contribution < 1.29 is 0 Å². The van der Waals surface area contributed by atoms with E-state index in [0.29, 0.717) is 5.82 Å². The number of nitrogens with one attached hydrogen (secondary N) is 1. The van der Waals surface area contributed by atoms with E-state index in [9.17, 15) is 0 Å². The molecule has 0 amide bonds. The Balaban J connectivity index is 1.19. The molecule has 7 heteroatoms. The van der Waals surface area contributed by atoms with Gasteiger partial charge in [0.1, 0.15) is 5.82 Å². The van der Waals surface area contributed by atoms with E-state index in [4.69, 9.17) is 10.1 Å². The molecule has 4 aliphatic rings. The Hall–Kier alpha value is -3.35. The fourth-order valence-electron chi connectivity index (χ4n) is 7.89. The maximum atomic E-state index is 5.27. The van der Waals surface area contributed by atoms with Gasteiger partial charge in [0, 0.05) is 17.4 Å². The number of hydrogen-bond donors (Lipinski definition) is 1. The molecule has 0 radical (unpaired) electrons. The molecular weight excluding hydrogens is 458 g/mol. The van der Waals surface area contributed by atoms with Crippen molar-refractivity contribution in [2.24, 2.45) is 17.8 Å². The van der Waals surface area contributed by atoms with E-state index < -0.39 is 0 Å². The van der Waals surface area contributed by atoms with E-state index >= 15 is 0 Å². The van der Waals surface area contributed by atoms with Gasteiger partial charge in [-0.2, -0.15) is 10.3 Å². The molecule has 4 bridgehead atoms. The summed E-state index contributed by atoms with van der Waals surface area (Å²) >= 11 is 0. The highest BCUT2D eigenvalue weighted by atomic mass is 15.5. The fourth-order valence-corrected chi connectivity index (χ4v) is 7.89. The van der Waals surface area contributed by atoms with Crippen LogP contribution in [0.25, 0.3) is 22.5 Å². The number of aromatic amines is 1. The quantitative estimate of drug-likeness (QED) is 0.326. The van der Waals surface area contributed by atoms with Crippen molar-refractivity contribution in [3.05, 3.63) is 65.7 Å². The van der Waals surface area contributed by atoms with Crippen LogP contribution in [0.5, 0.6) is 0 Å². The number of aryl methyl sites for hydroxylation is 1. The Morgan fingerprint density at radius 3 is 2.27 bits per heavy atom. The summed E-state index contributed by atoms with van der Waals surface area (Å²) in [4.78, 5) is 5.27. The number of H-pyrrole nitrogens is 1. The number of rotatable bonds is 8. The number of tetrazole rings is 1. The molecule has 2 aromatic carbocycles. The van der Waals surface area contributed by atoms with Crippen molar-refractivity contribution in [3.63, 3.8) is 0 Å². The van der Waals surface area contributed by atoms with Crippen molar-refractivity contribution in [2.75, 3.05) is 0 Å². The zero-order valence-corrected chi connectivity index (χ0v) is 21.6. The number of nitrogens with zero attached hydrogens (tertiary/aromatic N) is 6.